The van der Waals surface area contributed by atoms with Crippen LogP contribution in [0, 0.1) is 17.5 Å². The van der Waals surface area contributed by atoms with Crippen molar-refractivity contribution in [2.75, 3.05) is 19.4 Å². The van der Waals surface area contributed by atoms with Gasteiger partial charge in [0.1, 0.15) is 0 Å². The lowest BCUT2D eigenvalue weighted by molar-refractivity contribution is -0.120. The number of nitrogens with one attached hydrogen (secondary N) is 2. The number of carbonyl (C=O) groups excluding carboxylic acids is 2. The highest BCUT2D eigenvalue weighted by Crippen LogP contribution is 2.20. The van der Waals surface area contributed by atoms with Crippen LogP contribution in [0.3, 0.4) is 0 Å². The molecule has 144 valence electrons. The molecule has 0 saturated heterocycles. The van der Waals surface area contributed by atoms with Gasteiger partial charge in [0.15, 0.2) is 17.5 Å². The Bertz CT molecular complexity index is 841. The third-order valence-electron chi connectivity index (χ3n) is 4.21. The van der Waals surface area contributed by atoms with Crippen LogP contribution in [0.2, 0.25) is 0 Å². The quantitative estimate of drug-likeness (QED) is 0.759. The summed E-state index contributed by atoms with van der Waals surface area (Å²) in [6, 6.07) is 7.91. The second-order valence-electron chi connectivity index (χ2n) is 6.08. The maximum absolute atomic E-state index is 13.7. The summed E-state index contributed by atoms with van der Waals surface area (Å²) in [6.07, 6.45) is 0. The van der Waals surface area contributed by atoms with Gasteiger partial charge in [-0.05, 0) is 43.8 Å². The zero-order valence-electron chi connectivity index (χ0n) is 15.1. The molecule has 0 saturated carbocycles. The van der Waals surface area contributed by atoms with Crippen molar-refractivity contribution in [2.24, 2.45) is 0 Å². The van der Waals surface area contributed by atoms with E-state index in [1.807, 2.05) is 0 Å². The molecule has 8 heteroatoms. The van der Waals surface area contributed by atoms with Crippen LogP contribution in [-0.2, 0) is 11.3 Å². The topological polar surface area (TPSA) is 61.4 Å². The van der Waals surface area contributed by atoms with Crippen molar-refractivity contribution in [1.29, 1.82) is 0 Å². The van der Waals surface area contributed by atoms with E-state index in [2.05, 4.69) is 10.6 Å². The molecule has 2 aromatic carbocycles. The van der Waals surface area contributed by atoms with Crippen LogP contribution >= 0.6 is 0 Å². The molecule has 0 aromatic heterocycles. The Morgan fingerprint density at radius 2 is 1.67 bits per heavy atom. The Kier molecular flexibility index (Phi) is 6.57. The first-order chi connectivity index (χ1) is 12.7. The second kappa shape index (κ2) is 8.68. The normalized spacial score (nSPS) is 12.0. The molecule has 0 aliphatic rings. The standard InChI is InChI=1S/C19H20F3N3O2/c1-11(18(26)24-15-9-8-14(20)16(21)17(15)22)25(3)10-12-4-6-13(7-5-12)19(27)23-2/h4-9,11H,10H2,1-3H3,(H,23,27)(H,24,26)/t11-/m1/s1. The average molecular weight is 379 g/mol. The highest BCUT2D eigenvalue weighted by atomic mass is 19.2. The second-order valence-corrected chi connectivity index (χ2v) is 6.08. The zero-order chi connectivity index (χ0) is 20.1. The highest BCUT2D eigenvalue weighted by Gasteiger charge is 2.21. The molecule has 5 nitrogen and oxygen atoms in total. The molecule has 2 amide bonds. The minimum Gasteiger partial charge on any atom is -0.355 e. The smallest absolute Gasteiger partial charge is 0.251 e. The van der Waals surface area contributed by atoms with Crippen LogP contribution in [0.25, 0.3) is 0 Å². The monoisotopic (exact) mass is 379 g/mol. The van der Waals surface area contributed by atoms with Crippen LogP contribution in [0.5, 0.6) is 0 Å². The number of hydrogen-bond donors (Lipinski definition) is 2. The number of amides is 2. The lowest BCUT2D eigenvalue weighted by Gasteiger charge is -2.24. The zero-order valence-corrected chi connectivity index (χ0v) is 15.1. The third kappa shape index (κ3) is 4.85. The minimum absolute atomic E-state index is 0.198. The van der Waals surface area contributed by atoms with Gasteiger partial charge >= 0.3 is 0 Å². The van der Waals surface area contributed by atoms with Gasteiger partial charge in [0.05, 0.1) is 11.7 Å². The maximum atomic E-state index is 13.7. The molecule has 2 N–H and O–H groups in total. The molecule has 0 aliphatic carbocycles. The SMILES string of the molecule is CNC(=O)c1ccc(CN(C)[C@H](C)C(=O)Nc2ccc(F)c(F)c2F)cc1. The Balaban J connectivity index is 2.02. The number of halogens is 3. The van der Waals surface area contributed by atoms with E-state index in [1.54, 1.807) is 50.2 Å². The average Bonchev–Trinajstić information content (AvgIpc) is 2.67. The first kappa shape index (κ1) is 20.4. The van der Waals surface area contributed by atoms with Gasteiger partial charge in [-0.1, -0.05) is 12.1 Å². The molecule has 0 fully saturated rings. The van der Waals surface area contributed by atoms with Crippen molar-refractivity contribution in [1.82, 2.24) is 10.2 Å². The summed E-state index contributed by atoms with van der Waals surface area (Å²) in [7, 11) is 3.23. The molecule has 2 rings (SSSR count). The number of nitrogens with zero attached hydrogens (tertiary/aromatic N) is 1. The minimum atomic E-state index is -1.63. The lowest BCUT2D eigenvalue weighted by atomic mass is 10.1. The van der Waals surface area contributed by atoms with Crippen molar-refractivity contribution in [3.63, 3.8) is 0 Å². The fourth-order valence-corrected chi connectivity index (χ4v) is 2.39. The molecule has 0 spiro atoms. The number of rotatable bonds is 6. The molecule has 0 radical (unpaired) electrons. The number of anilines is 1. The van der Waals surface area contributed by atoms with E-state index in [9.17, 15) is 22.8 Å². The molecule has 27 heavy (non-hydrogen) atoms. The molecule has 0 bridgehead atoms. The molecule has 0 unspecified atom stereocenters. The Hall–Kier alpha value is -2.87. The predicted octanol–water partition coefficient (Wildman–Crippen LogP) is 2.92. The van der Waals surface area contributed by atoms with E-state index < -0.39 is 35.1 Å². The van der Waals surface area contributed by atoms with Gasteiger partial charge < -0.3 is 10.6 Å². The van der Waals surface area contributed by atoms with E-state index in [-0.39, 0.29) is 5.91 Å². The number of hydrogen-bond acceptors (Lipinski definition) is 3. The highest BCUT2D eigenvalue weighted by molar-refractivity contribution is 5.95. The molecule has 0 heterocycles. The van der Waals surface area contributed by atoms with Gasteiger partial charge in [0, 0.05) is 19.2 Å². The Labute approximate surface area is 155 Å². The first-order valence-corrected chi connectivity index (χ1v) is 8.20. The summed E-state index contributed by atoms with van der Waals surface area (Å²) in [6.45, 7) is 1.99. The van der Waals surface area contributed by atoms with E-state index >= 15 is 0 Å². The van der Waals surface area contributed by atoms with Crippen molar-refractivity contribution in [2.45, 2.75) is 19.5 Å². The summed E-state index contributed by atoms with van der Waals surface area (Å²) in [5, 5.41) is 4.79. The molecular weight excluding hydrogens is 359 g/mol. The molecular formula is C19H20F3N3O2. The largest absolute Gasteiger partial charge is 0.355 e. The van der Waals surface area contributed by atoms with Gasteiger partial charge in [-0.15, -0.1) is 0 Å². The van der Waals surface area contributed by atoms with Crippen molar-refractivity contribution in [3.05, 3.63) is 65.0 Å². The predicted molar refractivity (Wildman–Crippen MR) is 95.7 cm³/mol. The van der Waals surface area contributed by atoms with Crippen molar-refractivity contribution < 1.29 is 22.8 Å². The van der Waals surface area contributed by atoms with Gasteiger partial charge in [-0.25, -0.2) is 13.2 Å². The molecule has 2 aromatic rings. The van der Waals surface area contributed by atoms with Crippen molar-refractivity contribution >= 4 is 17.5 Å². The van der Waals surface area contributed by atoms with E-state index in [4.69, 9.17) is 0 Å². The maximum Gasteiger partial charge on any atom is 0.251 e. The van der Waals surface area contributed by atoms with Crippen LogP contribution in [0.1, 0.15) is 22.8 Å². The van der Waals surface area contributed by atoms with Crippen LogP contribution in [-0.4, -0.2) is 36.9 Å². The summed E-state index contributed by atoms with van der Waals surface area (Å²) in [5.74, 6) is -5.16. The van der Waals surface area contributed by atoms with Gasteiger partial charge in [-0.3, -0.25) is 14.5 Å². The summed E-state index contributed by atoms with van der Waals surface area (Å²) < 4.78 is 39.9. The Morgan fingerprint density at radius 3 is 2.26 bits per heavy atom. The van der Waals surface area contributed by atoms with E-state index in [1.165, 1.54) is 0 Å². The fraction of sp³-hybridized carbons (Fsp3) is 0.263. The number of likely N-dealkylation sites (N-methyl/N-ethyl adjacent to an activating group) is 1. The van der Waals surface area contributed by atoms with Crippen molar-refractivity contribution in [3.8, 4) is 0 Å². The van der Waals surface area contributed by atoms with Gasteiger partial charge in [0.2, 0.25) is 5.91 Å². The summed E-state index contributed by atoms with van der Waals surface area (Å²) in [5.41, 5.74) is 0.960. The number of carbonyl (C=O) groups is 2. The van der Waals surface area contributed by atoms with E-state index in [0.29, 0.717) is 12.1 Å². The first-order valence-electron chi connectivity index (χ1n) is 8.20. The van der Waals surface area contributed by atoms with Crippen LogP contribution in [0.15, 0.2) is 36.4 Å². The van der Waals surface area contributed by atoms with Crippen LogP contribution in [0.4, 0.5) is 18.9 Å². The molecule has 0 aliphatic heterocycles. The Morgan fingerprint density at radius 1 is 1.04 bits per heavy atom. The van der Waals surface area contributed by atoms with Gasteiger partial charge in [-0.2, -0.15) is 0 Å². The van der Waals surface area contributed by atoms with Gasteiger partial charge in [0.25, 0.3) is 5.91 Å². The van der Waals surface area contributed by atoms with Crippen LogP contribution < -0.4 is 10.6 Å². The summed E-state index contributed by atoms with van der Waals surface area (Å²) >= 11 is 0. The lowest BCUT2D eigenvalue weighted by Crippen LogP contribution is -2.39. The number of benzene rings is 2. The summed E-state index contributed by atoms with van der Waals surface area (Å²) in [4.78, 5) is 25.5. The molecule has 1 atom stereocenters. The van der Waals surface area contributed by atoms with E-state index in [0.717, 1.165) is 17.7 Å². The third-order valence-corrected chi connectivity index (χ3v) is 4.21. The fourth-order valence-electron chi connectivity index (χ4n) is 2.39.